The van der Waals surface area contributed by atoms with Crippen LogP contribution in [0.4, 0.5) is 21.9 Å². The van der Waals surface area contributed by atoms with Crippen LogP contribution in [0.2, 0.25) is 10.0 Å². The SMILES string of the molecule is CS(=O)(=O)Nc1ccc(Oc2ccc(CN3CCC(N(C(=O)Nc4ccc(Cl)cc4)c4ccccc4)CC3)cn2)c(Cl)c1. The van der Waals surface area contributed by atoms with Gasteiger partial charge in [-0.3, -0.25) is 14.5 Å². The van der Waals surface area contributed by atoms with Gasteiger partial charge in [0.1, 0.15) is 5.75 Å². The van der Waals surface area contributed by atoms with Crippen LogP contribution in [-0.2, 0) is 16.6 Å². The molecule has 2 heterocycles. The number of rotatable bonds is 9. The number of halogens is 2. The van der Waals surface area contributed by atoms with Crippen LogP contribution in [0.1, 0.15) is 18.4 Å². The van der Waals surface area contributed by atoms with Crippen LogP contribution in [0.3, 0.4) is 0 Å². The molecule has 4 aromatic rings. The number of pyridine rings is 1. The van der Waals surface area contributed by atoms with Crippen LogP contribution in [0.15, 0.2) is 91.1 Å². The average molecular weight is 641 g/mol. The van der Waals surface area contributed by atoms with E-state index in [9.17, 15) is 13.2 Å². The quantitative estimate of drug-likeness (QED) is 0.200. The standard InChI is InChI=1S/C31H31Cl2N5O4S/c1-43(40,41)36-25-12-13-29(28(33)19-25)42-30-14-7-22(20-34-30)21-37-17-15-27(16-18-37)38(26-5-3-2-4-6-26)31(39)35-24-10-8-23(32)9-11-24/h2-14,19-20,27,36H,15-18,21H2,1H3,(H,35,39). The molecule has 0 radical (unpaired) electrons. The first kappa shape index (κ1) is 30.6. The van der Waals surface area contributed by atoms with E-state index in [1.807, 2.05) is 41.3 Å². The van der Waals surface area contributed by atoms with Crippen LogP contribution < -0.4 is 19.7 Å². The smallest absolute Gasteiger partial charge is 0.326 e. The minimum absolute atomic E-state index is 0.0450. The average Bonchev–Trinajstić information content (AvgIpc) is 2.97. The van der Waals surface area contributed by atoms with E-state index in [1.54, 1.807) is 48.7 Å². The van der Waals surface area contributed by atoms with Crippen molar-refractivity contribution in [3.63, 3.8) is 0 Å². The summed E-state index contributed by atoms with van der Waals surface area (Å²) in [7, 11) is -3.41. The maximum Gasteiger partial charge on any atom is 0.326 e. The van der Waals surface area contributed by atoms with E-state index in [1.165, 1.54) is 6.07 Å². The summed E-state index contributed by atoms with van der Waals surface area (Å²) >= 11 is 12.3. The van der Waals surface area contributed by atoms with Gasteiger partial charge in [0.25, 0.3) is 0 Å². The Morgan fingerprint density at radius 1 is 0.977 bits per heavy atom. The second kappa shape index (κ2) is 13.6. The fourth-order valence-corrected chi connectivity index (χ4v) is 5.83. The lowest BCUT2D eigenvalue weighted by atomic mass is 10.0. The highest BCUT2D eigenvalue weighted by molar-refractivity contribution is 7.92. The van der Waals surface area contributed by atoms with Gasteiger partial charge in [-0.2, -0.15) is 0 Å². The Morgan fingerprint density at radius 3 is 2.30 bits per heavy atom. The summed E-state index contributed by atoms with van der Waals surface area (Å²) in [5.41, 5.74) is 2.93. The van der Waals surface area contributed by atoms with Crippen molar-refractivity contribution in [1.82, 2.24) is 9.88 Å². The second-order valence-corrected chi connectivity index (χ2v) is 12.9. The van der Waals surface area contributed by atoms with E-state index in [2.05, 4.69) is 19.9 Å². The van der Waals surface area contributed by atoms with Gasteiger partial charge in [-0.1, -0.05) is 47.5 Å². The fraction of sp³-hybridized carbons (Fsp3) is 0.226. The van der Waals surface area contributed by atoms with Gasteiger partial charge in [-0.15, -0.1) is 0 Å². The maximum absolute atomic E-state index is 13.4. The van der Waals surface area contributed by atoms with Crippen LogP contribution in [0, 0.1) is 0 Å². The van der Waals surface area contributed by atoms with E-state index in [-0.39, 0.29) is 17.1 Å². The van der Waals surface area contributed by atoms with Gasteiger partial charge in [0.15, 0.2) is 0 Å². The molecule has 1 saturated heterocycles. The normalized spacial score (nSPS) is 14.2. The number of hydrogen-bond acceptors (Lipinski definition) is 6. The summed E-state index contributed by atoms with van der Waals surface area (Å²) in [6.07, 6.45) is 4.48. The first-order valence-electron chi connectivity index (χ1n) is 13.7. The summed E-state index contributed by atoms with van der Waals surface area (Å²) < 4.78 is 31.1. The highest BCUT2D eigenvalue weighted by atomic mass is 35.5. The van der Waals surface area contributed by atoms with E-state index in [4.69, 9.17) is 27.9 Å². The number of carbonyl (C=O) groups excluding carboxylic acids is 1. The Hall–Kier alpha value is -3.83. The molecule has 43 heavy (non-hydrogen) atoms. The number of para-hydroxylation sites is 1. The molecule has 3 aromatic carbocycles. The molecular weight excluding hydrogens is 609 g/mol. The molecule has 2 amide bonds. The van der Waals surface area contributed by atoms with Gasteiger partial charge in [0.05, 0.1) is 17.0 Å². The molecule has 0 unspecified atom stereocenters. The number of ether oxygens (including phenoxy) is 1. The minimum atomic E-state index is -3.41. The van der Waals surface area contributed by atoms with Gasteiger partial charge in [-0.05, 0) is 73.0 Å². The third-order valence-corrected chi connectivity index (χ3v) is 8.08. The number of benzene rings is 3. The number of aromatic nitrogens is 1. The molecule has 0 atom stereocenters. The Kier molecular flexibility index (Phi) is 9.72. The van der Waals surface area contributed by atoms with Crippen molar-refractivity contribution in [3.05, 3.63) is 107 Å². The zero-order valence-corrected chi connectivity index (χ0v) is 25.7. The largest absolute Gasteiger partial charge is 0.437 e. The van der Waals surface area contributed by atoms with Gasteiger partial charge in [-0.25, -0.2) is 18.2 Å². The number of nitrogens with one attached hydrogen (secondary N) is 2. The predicted octanol–water partition coefficient (Wildman–Crippen LogP) is 7.26. The van der Waals surface area contributed by atoms with E-state index >= 15 is 0 Å². The minimum Gasteiger partial charge on any atom is -0.437 e. The molecule has 9 nitrogen and oxygen atoms in total. The predicted molar refractivity (Wildman–Crippen MR) is 172 cm³/mol. The molecule has 0 aliphatic carbocycles. The highest BCUT2D eigenvalue weighted by Crippen LogP contribution is 2.32. The molecule has 5 rings (SSSR count). The van der Waals surface area contributed by atoms with E-state index < -0.39 is 10.0 Å². The van der Waals surface area contributed by atoms with E-state index in [0.717, 1.165) is 50.0 Å². The number of urea groups is 1. The van der Waals surface area contributed by atoms with Crippen LogP contribution in [0.25, 0.3) is 0 Å². The Bertz CT molecular complexity index is 1650. The highest BCUT2D eigenvalue weighted by Gasteiger charge is 2.29. The van der Waals surface area contributed by atoms with E-state index in [0.29, 0.717) is 28.0 Å². The zero-order chi connectivity index (χ0) is 30.4. The molecule has 1 aliphatic rings. The molecular formula is C31H31Cl2N5O4S. The molecule has 12 heteroatoms. The monoisotopic (exact) mass is 639 g/mol. The number of nitrogens with zero attached hydrogens (tertiary/aromatic N) is 3. The fourth-order valence-electron chi connectivity index (χ4n) is 4.93. The molecule has 224 valence electrons. The first-order valence-corrected chi connectivity index (χ1v) is 16.3. The lowest BCUT2D eigenvalue weighted by Crippen LogP contribution is -2.49. The van der Waals surface area contributed by atoms with Crippen LogP contribution >= 0.6 is 23.2 Å². The number of amides is 2. The molecule has 0 bridgehead atoms. The Labute approximate surface area is 261 Å². The Morgan fingerprint density at radius 2 is 1.67 bits per heavy atom. The van der Waals surface area contributed by atoms with Crippen molar-refractivity contribution in [3.8, 4) is 11.6 Å². The van der Waals surface area contributed by atoms with Crippen molar-refractivity contribution < 1.29 is 17.9 Å². The molecule has 1 aliphatic heterocycles. The van der Waals surface area contributed by atoms with Crippen LogP contribution in [-0.4, -0.2) is 49.7 Å². The summed E-state index contributed by atoms with van der Waals surface area (Å²) in [4.78, 5) is 22.1. The van der Waals surface area contributed by atoms with Crippen molar-refractivity contribution in [2.45, 2.75) is 25.4 Å². The zero-order valence-electron chi connectivity index (χ0n) is 23.4. The summed E-state index contributed by atoms with van der Waals surface area (Å²) in [5, 5.41) is 3.88. The molecule has 0 spiro atoms. The van der Waals surface area contributed by atoms with Gasteiger partial charge < -0.3 is 10.1 Å². The summed E-state index contributed by atoms with van der Waals surface area (Å²) in [5.74, 6) is 0.740. The summed E-state index contributed by atoms with van der Waals surface area (Å²) in [6.45, 7) is 2.36. The number of sulfonamides is 1. The molecule has 2 N–H and O–H groups in total. The van der Waals surface area contributed by atoms with Crippen molar-refractivity contribution >= 4 is 56.3 Å². The topological polar surface area (TPSA) is 104 Å². The van der Waals surface area contributed by atoms with Gasteiger partial charge in [0.2, 0.25) is 15.9 Å². The van der Waals surface area contributed by atoms with Crippen molar-refractivity contribution in [2.24, 2.45) is 0 Å². The third-order valence-electron chi connectivity index (χ3n) is 6.92. The lowest BCUT2D eigenvalue weighted by molar-refractivity contribution is 0.199. The van der Waals surface area contributed by atoms with Crippen LogP contribution in [0.5, 0.6) is 11.6 Å². The maximum atomic E-state index is 13.4. The van der Waals surface area contributed by atoms with Gasteiger partial charge >= 0.3 is 6.03 Å². The number of hydrogen-bond donors (Lipinski definition) is 2. The van der Waals surface area contributed by atoms with Gasteiger partial charge in [0, 0.05) is 54.3 Å². The number of likely N-dealkylation sites (tertiary alicyclic amines) is 1. The first-order chi connectivity index (χ1) is 20.6. The lowest BCUT2D eigenvalue weighted by Gasteiger charge is -2.38. The molecule has 1 fully saturated rings. The number of carbonyl (C=O) groups is 1. The Balaban J connectivity index is 1.17. The molecule has 1 aromatic heterocycles. The van der Waals surface area contributed by atoms with Crippen molar-refractivity contribution in [2.75, 3.05) is 34.3 Å². The number of piperidine rings is 1. The summed E-state index contributed by atoms with van der Waals surface area (Å²) in [6, 6.07) is 25.1. The third kappa shape index (κ3) is 8.61. The number of anilines is 3. The van der Waals surface area contributed by atoms with Crippen molar-refractivity contribution in [1.29, 1.82) is 0 Å². The second-order valence-electron chi connectivity index (χ2n) is 10.3. The molecule has 0 saturated carbocycles.